The van der Waals surface area contributed by atoms with Gasteiger partial charge in [0.15, 0.2) is 0 Å². The molecule has 5 N–H and O–H groups in total. The van der Waals surface area contributed by atoms with Crippen molar-refractivity contribution in [1.82, 2.24) is 15.5 Å². The summed E-state index contributed by atoms with van der Waals surface area (Å²) in [4.78, 5) is 42.1. The van der Waals surface area contributed by atoms with E-state index in [1.165, 1.54) is 0 Å². The van der Waals surface area contributed by atoms with Crippen LogP contribution in [0.2, 0.25) is 0 Å². The fourth-order valence-corrected chi connectivity index (χ4v) is 5.45. The predicted octanol–water partition coefficient (Wildman–Crippen LogP) is 1.69. The highest BCUT2D eigenvalue weighted by atomic mass is 16.5. The monoisotopic (exact) mass is 522 g/mol. The molecule has 204 valence electrons. The van der Waals surface area contributed by atoms with Crippen LogP contribution in [0.3, 0.4) is 0 Å². The second kappa shape index (κ2) is 13.4. The summed E-state index contributed by atoms with van der Waals surface area (Å²) in [5, 5.41) is 15.1. The highest BCUT2D eigenvalue weighted by Gasteiger charge is 2.54. The Morgan fingerprint density at radius 2 is 1.87 bits per heavy atom. The molecule has 2 heterocycles. The average molecular weight is 523 g/mol. The fraction of sp³-hybridized carbons (Fsp3) is 0.483. The van der Waals surface area contributed by atoms with Crippen molar-refractivity contribution in [3.63, 3.8) is 0 Å². The van der Waals surface area contributed by atoms with Crippen molar-refractivity contribution < 1.29 is 24.2 Å². The van der Waals surface area contributed by atoms with Gasteiger partial charge in [0.1, 0.15) is 24.4 Å². The van der Waals surface area contributed by atoms with E-state index in [1.807, 2.05) is 36.4 Å². The van der Waals surface area contributed by atoms with Gasteiger partial charge in [-0.25, -0.2) is 0 Å². The number of carbonyl (C=O) groups is 3. The summed E-state index contributed by atoms with van der Waals surface area (Å²) >= 11 is 0. The Morgan fingerprint density at radius 3 is 2.63 bits per heavy atom. The van der Waals surface area contributed by atoms with Gasteiger partial charge in [-0.2, -0.15) is 0 Å². The number of hydrogen-bond donors (Lipinski definition) is 4. The van der Waals surface area contributed by atoms with Gasteiger partial charge in [-0.15, -0.1) is 0 Å². The summed E-state index contributed by atoms with van der Waals surface area (Å²) < 4.78 is 5.60. The lowest BCUT2D eigenvalue weighted by Crippen LogP contribution is -2.62. The number of aliphatic hydroxyl groups is 1. The molecule has 2 fully saturated rings. The highest BCUT2D eigenvalue weighted by molar-refractivity contribution is 5.99. The molecule has 9 heteroatoms. The second-order valence-corrected chi connectivity index (χ2v) is 9.94. The van der Waals surface area contributed by atoms with E-state index in [4.69, 9.17) is 15.6 Å². The molecule has 2 aromatic carbocycles. The molecular weight excluding hydrogens is 484 g/mol. The standard InChI is InChI=1S/C29H38N4O5/c30-13-6-1-2-7-14-31-27(35)23-19-25-28(36)32-24(17-20-9-4-3-5-10-20)29(37)33(25)26(23)21-11-8-12-22(18-21)38-16-15-34/h3-5,8-12,18,23-26,34H,1-2,6-7,13-17,19,30H2,(H,31,35)(H,32,36)/t23-,24-,25-,26-/m0/s1. The zero-order valence-corrected chi connectivity index (χ0v) is 21.7. The molecule has 9 nitrogen and oxygen atoms in total. The number of carbonyl (C=O) groups excluding carboxylic acids is 3. The molecule has 3 amide bonds. The van der Waals surface area contributed by atoms with Gasteiger partial charge in [-0.05, 0) is 49.1 Å². The minimum absolute atomic E-state index is 0.127. The smallest absolute Gasteiger partial charge is 0.246 e. The van der Waals surface area contributed by atoms with E-state index in [0.29, 0.717) is 25.3 Å². The number of fused-ring (bicyclic) bond motifs is 1. The summed E-state index contributed by atoms with van der Waals surface area (Å²) in [5.41, 5.74) is 7.24. The molecule has 0 unspecified atom stereocenters. The Balaban J connectivity index is 1.58. The maximum absolute atomic E-state index is 13.8. The third kappa shape index (κ3) is 6.52. The Hall–Kier alpha value is -3.43. The fourth-order valence-electron chi connectivity index (χ4n) is 5.45. The number of rotatable bonds is 13. The van der Waals surface area contributed by atoms with E-state index in [9.17, 15) is 14.4 Å². The first-order chi connectivity index (χ1) is 18.5. The van der Waals surface area contributed by atoms with Crippen LogP contribution in [-0.2, 0) is 20.8 Å². The number of benzene rings is 2. The molecule has 0 spiro atoms. The predicted molar refractivity (Wildman–Crippen MR) is 143 cm³/mol. The maximum Gasteiger partial charge on any atom is 0.246 e. The number of nitrogens with two attached hydrogens (primary N) is 1. The lowest BCUT2D eigenvalue weighted by atomic mass is 9.92. The van der Waals surface area contributed by atoms with Crippen LogP contribution in [0, 0.1) is 5.92 Å². The van der Waals surface area contributed by atoms with Crippen molar-refractivity contribution in [2.24, 2.45) is 11.7 Å². The minimum Gasteiger partial charge on any atom is -0.491 e. The quantitative estimate of drug-likeness (QED) is 0.296. The van der Waals surface area contributed by atoms with Crippen molar-refractivity contribution >= 4 is 17.7 Å². The van der Waals surface area contributed by atoms with Crippen LogP contribution in [0.15, 0.2) is 54.6 Å². The van der Waals surface area contributed by atoms with Gasteiger partial charge >= 0.3 is 0 Å². The molecule has 0 saturated carbocycles. The Bertz CT molecular complexity index is 1100. The van der Waals surface area contributed by atoms with Gasteiger partial charge in [-0.1, -0.05) is 55.3 Å². The Kier molecular flexibility index (Phi) is 9.73. The number of piperazine rings is 1. The van der Waals surface area contributed by atoms with Crippen molar-refractivity contribution in [3.8, 4) is 5.75 Å². The SMILES string of the molecule is NCCCCCCNC(=O)[C@H]1C[C@H]2C(=O)N[C@@H](Cc3ccccc3)C(=O)N2[C@H]1c1cccc(OCCO)c1. The van der Waals surface area contributed by atoms with E-state index in [1.54, 1.807) is 23.1 Å². The zero-order valence-electron chi connectivity index (χ0n) is 21.7. The second-order valence-electron chi connectivity index (χ2n) is 9.94. The Morgan fingerprint density at radius 1 is 1.08 bits per heavy atom. The normalized spacial score (nSPS) is 22.6. The number of hydrogen-bond acceptors (Lipinski definition) is 6. The lowest BCUT2D eigenvalue weighted by Gasteiger charge is -2.38. The first kappa shape index (κ1) is 27.6. The summed E-state index contributed by atoms with van der Waals surface area (Å²) in [6, 6.07) is 14.8. The summed E-state index contributed by atoms with van der Waals surface area (Å²) in [6.45, 7) is 1.20. The summed E-state index contributed by atoms with van der Waals surface area (Å²) in [7, 11) is 0. The summed E-state index contributed by atoms with van der Waals surface area (Å²) in [6.07, 6.45) is 4.44. The maximum atomic E-state index is 13.8. The average Bonchev–Trinajstić information content (AvgIpc) is 3.35. The Labute approximate surface area is 223 Å². The molecule has 0 aliphatic carbocycles. The number of nitrogens with one attached hydrogen (secondary N) is 2. The lowest BCUT2D eigenvalue weighted by molar-refractivity contribution is -0.149. The van der Waals surface area contributed by atoms with Crippen LogP contribution < -0.4 is 21.1 Å². The molecule has 2 aromatic rings. The third-order valence-corrected chi connectivity index (χ3v) is 7.27. The molecule has 2 aliphatic heterocycles. The molecule has 2 aliphatic rings. The van der Waals surface area contributed by atoms with Gasteiger partial charge in [0.05, 0.1) is 18.6 Å². The molecule has 0 aromatic heterocycles. The molecule has 2 saturated heterocycles. The third-order valence-electron chi connectivity index (χ3n) is 7.27. The molecule has 0 bridgehead atoms. The van der Waals surface area contributed by atoms with Crippen molar-refractivity contribution in [2.45, 2.75) is 56.7 Å². The van der Waals surface area contributed by atoms with E-state index in [-0.39, 0.29) is 37.4 Å². The van der Waals surface area contributed by atoms with Crippen LogP contribution in [0.4, 0.5) is 0 Å². The van der Waals surface area contributed by atoms with Crippen LogP contribution in [0.1, 0.15) is 49.3 Å². The van der Waals surface area contributed by atoms with E-state index >= 15 is 0 Å². The number of nitrogens with zero attached hydrogens (tertiary/aromatic N) is 1. The van der Waals surface area contributed by atoms with Gasteiger partial charge in [0.25, 0.3) is 0 Å². The topological polar surface area (TPSA) is 134 Å². The molecule has 38 heavy (non-hydrogen) atoms. The summed E-state index contributed by atoms with van der Waals surface area (Å²) in [5.74, 6) is -0.635. The number of aliphatic hydroxyl groups excluding tert-OH is 1. The van der Waals surface area contributed by atoms with E-state index < -0.39 is 24.0 Å². The minimum atomic E-state index is -0.721. The molecular formula is C29H38N4O5. The number of ether oxygens (including phenoxy) is 1. The molecule has 4 rings (SSSR count). The number of amides is 3. The highest BCUT2D eigenvalue weighted by Crippen LogP contribution is 2.44. The van der Waals surface area contributed by atoms with Crippen LogP contribution in [0.25, 0.3) is 0 Å². The van der Waals surface area contributed by atoms with Crippen LogP contribution in [0.5, 0.6) is 5.75 Å². The number of unbranched alkanes of at least 4 members (excludes halogenated alkanes) is 3. The van der Waals surface area contributed by atoms with Crippen molar-refractivity contribution in [3.05, 3.63) is 65.7 Å². The van der Waals surface area contributed by atoms with Gasteiger partial charge < -0.3 is 31.1 Å². The van der Waals surface area contributed by atoms with Gasteiger partial charge in [-0.3, -0.25) is 14.4 Å². The van der Waals surface area contributed by atoms with Crippen LogP contribution >= 0.6 is 0 Å². The van der Waals surface area contributed by atoms with Gasteiger partial charge in [0.2, 0.25) is 17.7 Å². The van der Waals surface area contributed by atoms with Crippen molar-refractivity contribution in [2.75, 3.05) is 26.3 Å². The molecule has 4 atom stereocenters. The first-order valence-corrected chi connectivity index (χ1v) is 13.5. The largest absolute Gasteiger partial charge is 0.491 e. The first-order valence-electron chi connectivity index (χ1n) is 13.5. The van der Waals surface area contributed by atoms with Crippen molar-refractivity contribution in [1.29, 1.82) is 0 Å². The molecule has 0 radical (unpaired) electrons. The van der Waals surface area contributed by atoms with Crippen LogP contribution in [-0.4, -0.2) is 66.1 Å². The zero-order chi connectivity index (χ0) is 26.9. The van der Waals surface area contributed by atoms with Gasteiger partial charge in [0, 0.05) is 13.0 Å². The van der Waals surface area contributed by atoms with E-state index in [0.717, 1.165) is 36.8 Å². The van der Waals surface area contributed by atoms with E-state index in [2.05, 4.69) is 10.6 Å².